The first-order valence-electron chi connectivity index (χ1n) is 8.26. The number of aromatic amines is 1. The van der Waals surface area contributed by atoms with Gasteiger partial charge in [-0.2, -0.15) is 10.2 Å². The maximum atomic E-state index is 12.7. The van der Waals surface area contributed by atoms with E-state index in [0.29, 0.717) is 24.1 Å². The van der Waals surface area contributed by atoms with Gasteiger partial charge in [-0.3, -0.25) is 14.6 Å². The van der Waals surface area contributed by atoms with Crippen molar-refractivity contribution in [3.8, 4) is 0 Å². The van der Waals surface area contributed by atoms with Gasteiger partial charge in [0.15, 0.2) is 0 Å². The molecule has 0 radical (unpaired) electrons. The molecule has 1 aliphatic carbocycles. The first-order valence-corrected chi connectivity index (χ1v) is 8.26. The zero-order valence-electron chi connectivity index (χ0n) is 14.3. The lowest BCUT2D eigenvalue weighted by atomic mass is 10.1. The quantitative estimate of drug-likeness (QED) is 0.890. The highest BCUT2D eigenvalue weighted by Crippen LogP contribution is 2.39. The Morgan fingerprint density at radius 3 is 2.83 bits per heavy atom. The number of nitrogens with one attached hydrogen (secondary N) is 1. The van der Waals surface area contributed by atoms with Crippen LogP contribution < -0.4 is 0 Å². The van der Waals surface area contributed by atoms with Crippen molar-refractivity contribution in [3.05, 3.63) is 34.9 Å². The second-order valence-corrected chi connectivity index (χ2v) is 7.00. The van der Waals surface area contributed by atoms with Crippen molar-refractivity contribution in [3.63, 3.8) is 0 Å². The average Bonchev–Trinajstić information content (AvgIpc) is 3.13. The van der Waals surface area contributed by atoms with Crippen molar-refractivity contribution in [1.82, 2.24) is 24.9 Å². The molecule has 6 nitrogen and oxygen atoms in total. The molecule has 1 N–H and O–H groups in total. The van der Waals surface area contributed by atoms with Gasteiger partial charge < -0.3 is 4.90 Å². The molecule has 124 valence electrons. The van der Waals surface area contributed by atoms with E-state index in [2.05, 4.69) is 35.2 Å². The largest absolute Gasteiger partial charge is 0.335 e. The minimum absolute atomic E-state index is 0.0161. The highest BCUT2D eigenvalue weighted by molar-refractivity contribution is 5.92. The van der Waals surface area contributed by atoms with Crippen molar-refractivity contribution >= 4 is 5.91 Å². The third kappa shape index (κ3) is 3.63. The number of H-pyrrole nitrogens is 1. The normalized spacial score (nSPS) is 14.5. The van der Waals surface area contributed by atoms with Gasteiger partial charge in [0.2, 0.25) is 0 Å². The van der Waals surface area contributed by atoms with Crippen molar-refractivity contribution in [2.75, 3.05) is 7.05 Å². The highest BCUT2D eigenvalue weighted by atomic mass is 16.2. The second-order valence-electron chi connectivity index (χ2n) is 7.00. The number of hydrogen-bond acceptors (Lipinski definition) is 3. The van der Waals surface area contributed by atoms with Crippen molar-refractivity contribution in [2.24, 2.45) is 13.0 Å². The maximum Gasteiger partial charge on any atom is 0.272 e. The number of aromatic nitrogens is 4. The molecule has 2 aromatic rings. The van der Waals surface area contributed by atoms with Crippen LogP contribution in [0.1, 0.15) is 60.2 Å². The summed E-state index contributed by atoms with van der Waals surface area (Å²) in [5, 5.41) is 11.8. The summed E-state index contributed by atoms with van der Waals surface area (Å²) in [5.74, 6) is 1.13. The molecule has 1 saturated carbocycles. The van der Waals surface area contributed by atoms with Gasteiger partial charge in [-0.15, -0.1) is 0 Å². The van der Waals surface area contributed by atoms with Gasteiger partial charge in [-0.1, -0.05) is 13.8 Å². The van der Waals surface area contributed by atoms with Crippen LogP contribution in [0.2, 0.25) is 0 Å². The minimum Gasteiger partial charge on any atom is -0.335 e. The highest BCUT2D eigenvalue weighted by Gasteiger charge is 2.26. The molecule has 1 fully saturated rings. The Balaban J connectivity index is 1.67. The Hall–Kier alpha value is -2.11. The number of carbonyl (C=O) groups excluding carboxylic acids is 1. The minimum atomic E-state index is -0.0161. The van der Waals surface area contributed by atoms with E-state index in [1.165, 1.54) is 12.8 Å². The van der Waals surface area contributed by atoms with Crippen LogP contribution in [-0.4, -0.2) is 37.8 Å². The van der Waals surface area contributed by atoms with Crippen LogP contribution >= 0.6 is 0 Å². The lowest BCUT2D eigenvalue weighted by molar-refractivity contribution is 0.0772. The first-order chi connectivity index (χ1) is 10.9. The fraction of sp³-hybridized carbons (Fsp3) is 0.588. The van der Waals surface area contributed by atoms with Crippen LogP contribution in [0, 0.1) is 5.92 Å². The number of carbonyl (C=O) groups is 1. The number of amides is 1. The van der Waals surface area contributed by atoms with E-state index < -0.39 is 0 Å². The molecule has 23 heavy (non-hydrogen) atoms. The second kappa shape index (κ2) is 6.18. The summed E-state index contributed by atoms with van der Waals surface area (Å²) in [6.07, 6.45) is 3.34. The van der Waals surface area contributed by atoms with E-state index in [4.69, 9.17) is 0 Å². The van der Waals surface area contributed by atoms with Crippen LogP contribution in [0.3, 0.4) is 0 Å². The predicted molar refractivity (Wildman–Crippen MR) is 88.1 cm³/mol. The Morgan fingerprint density at radius 2 is 2.17 bits per heavy atom. The molecule has 1 amide bonds. The van der Waals surface area contributed by atoms with Crippen LogP contribution in [0.5, 0.6) is 0 Å². The molecule has 1 aliphatic rings. The number of aryl methyl sites for hydroxylation is 1. The van der Waals surface area contributed by atoms with Gasteiger partial charge in [-0.05, 0) is 37.3 Å². The monoisotopic (exact) mass is 315 g/mol. The van der Waals surface area contributed by atoms with Gasteiger partial charge in [0, 0.05) is 20.0 Å². The van der Waals surface area contributed by atoms with Gasteiger partial charge >= 0.3 is 0 Å². The summed E-state index contributed by atoms with van der Waals surface area (Å²) in [6, 6.07) is 3.98. The zero-order valence-corrected chi connectivity index (χ0v) is 14.3. The van der Waals surface area contributed by atoms with Crippen molar-refractivity contribution in [2.45, 2.75) is 45.6 Å². The standard InChI is InChI=1S/C17H25N5O/c1-11(2)7-13-9-16(22(4)20-13)17(23)21(3)10-14-8-15(19-18-14)12-5-6-12/h8-9,11-12H,5-7,10H2,1-4H3,(H,18,19). The fourth-order valence-corrected chi connectivity index (χ4v) is 2.82. The van der Waals surface area contributed by atoms with Crippen LogP contribution in [-0.2, 0) is 20.0 Å². The first kappa shape index (κ1) is 15.8. The summed E-state index contributed by atoms with van der Waals surface area (Å²) in [6.45, 7) is 4.83. The van der Waals surface area contributed by atoms with E-state index in [1.54, 1.807) is 9.58 Å². The Bertz CT molecular complexity index is 696. The molecular weight excluding hydrogens is 290 g/mol. The van der Waals surface area contributed by atoms with Gasteiger partial charge in [0.25, 0.3) is 5.91 Å². The van der Waals surface area contributed by atoms with Gasteiger partial charge in [0.1, 0.15) is 5.69 Å². The molecule has 0 aromatic carbocycles. The molecule has 0 saturated heterocycles. The summed E-state index contributed by atoms with van der Waals surface area (Å²) < 4.78 is 1.68. The van der Waals surface area contributed by atoms with Crippen LogP contribution in [0.25, 0.3) is 0 Å². The summed E-state index contributed by atoms with van der Waals surface area (Å²) in [4.78, 5) is 14.4. The molecular formula is C17H25N5O. The van der Waals surface area contributed by atoms with E-state index in [9.17, 15) is 4.79 Å². The maximum absolute atomic E-state index is 12.7. The lowest BCUT2D eigenvalue weighted by Gasteiger charge is -2.15. The van der Waals surface area contributed by atoms with Gasteiger partial charge in [-0.25, -0.2) is 0 Å². The zero-order chi connectivity index (χ0) is 16.6. The van der Waals surface area contributed by atoms with Crippen LogP contribution in [0.4, 0.5) is 0 Å². The predicted octanol–water partition coefficient (Wildman–Crippen LogP) is 2.49. The van der Waals surface area contributed by atoms with E-state index in [0.717, 1.165) is 23.5 Å². The summed E-state index contributed by atoms with van der Waals surface area (Å²) >= 11 is 0. The van der Waals surface area contributed by atoms with Crippen LogP contribution in [0.15, 0.2) is 12.1 Å². The summed E-state index contributed by atoms with van der Waals surface area (Å²) in [7, 11) is 3.64. The van der Waals surface area contributed by atoms with E-state index in [1.807, 2.05) is 20.2 Å². The lowest BCUT2D eigenvalue weighted by Crippen LogP contribution is -2.28. The molecule has 2 aromatic heterocycles. The van der Waals surface area contributed by atoms with Gasteiger partial charge in [0.05, 0.1) is 23.6 Å². The number of rotatable bonds is 6. The molecule has 0 aliphatic heterocycles. The molecule has 6 heteroatoms. The Morgan fingerprint density at radius 1 is 1.43 bits per heavy atom. The average molecular weight is 315 g/mol. The molecule has 0 unspecified atom stereocenters. The van der Waals surface area contributed by atoms with Crippen molar-refractivity contribution in [1.29, 1.82) is 0 Å². The molecule has 3 rings (SSSR count). The third-order valence-corrected chi connectivity index (χ3v) is 4.17. The fourth-order valence-electron chi connectivity index (χ4n) is 2.82. The molecule has 0 bridgehead atoms. The SMILES string of the molecule is CC(C)Cc1cc(C(=O)N(C)Cc2cc(C3CC3)n[nH]2)n(C)n1. The summed E-state index contributed by atoms with van der Waals surface area (Å²) in [5.41, 5.74) is 3.70. The third-order valence-electron chi connectivity index (χ3n) is 4.17. The molecule has 0 spiro atoms. The number of nitrogens with zero attached hydrogens (tertiary/aromatic N) is 4. The Labute approximate surface area is 136 Å². The Kier molecular flexibility index (Phi) is 4.24. The molecule has 2 heterocycles. The smallest absolute Gasteiger partial charge is 0.272 e. The topological polar surface area (TPSA) is 66.8 Å². The number of hydrogen-bond donors (Lipinski definition) is 1. The van der Waals surface area contributed by atoms with E-state index in [-0.39, 0.29) is 5.91 Å². The molecule has 0 atom stereocenters. The van der Waals surface area contributed by atoms with Crippen molar-refractivity contribution < 1.29 is 4.79 Å². The van der Waals surface area contributed by atoms with E-state index >= 15 is 0 Å².